The molecule has 4 heteroatoms. The normalized spacial score (nSPS) is 36.9. The second-order valence-electron chi connectivity index (χ2n) is 5.85. The third-order valence-corrected chi connectivity index (χ3v) is 6.67. The second kappa shape index (κ2) is 5.51. The van der Waals surface area contributed by atoms with Crippen molar-refractivity contribution in [1.29, 1.82) is 0 Å². The van der Waals surface area contributed by atoms with Crippen LogP contribution in [0.1, 0.15) is 19.3 Å². The largest absolute Gasteiger partial charge is 0.370 e. The minimum atomic E-state index is 0.274. The molecule has 0 aliphatic carbocycles. The summed E-state index contributed by atoms with van der Waals surface area (Å²) in [7, 11) is 4.18. The minimum Gasteiger partial charge on any atom is -0.370 e. The summed E-state index contributed by atoms with van der Waals surface area (Å²) in [6.07, 6.45) is 10.7. The highest BCUT2D eigenvalue weighted by atomic mass is 32.2. The summed E-state index contributed by atoms with van der Waals surface area (Å²) in [6, 6.07) is 0. The average molecular weight is 279 g/mol. The van der Waals surface area contributed by atoms with Crippen molar-refractivity contribution < 1.29 is 0 Å². The van der Waals surface area contributed by atoms with Crippen LogP contribution in [0, 0.1) is 5.92 Å². The number of piperidine rings is 1. The van der Waals surface area contributed by atoms with Gasteiger partial charge < -0.3 is 15.5 Å². The SMILES string of the molecule is CNCCC1(NC)CC2CCN3CC=CC=C3C2S1. The van der Waals surface area contributed by atoms with Crippen molar-refractivity contribution in [2.75, 3.05) is 33.7 Å². The van der Waals surface area contributed by atoms with E-state index in [9.17, 15) is 0 Å². The fraction of sp³-hybridized carbons (Fsp3) is 0.733. The van der Waals surface area contributed by atoms with E-state index in [1.165, 1.54) is 25.8 Å². The van der Waals surface area contributed by atoms with Crippen molar-refractivity contribution in [3.63, 3.8) is 0 Å². The maximum atomic E-state index is 3.62. The van der Waals surface area contributed by atoms with Crippen LogP contribution >= 0.6 is 11.8 Å². The number of fused-ring (bicyclic) bond motifs is 3. The monoisotopic (exact) mass is 279 g/mol. The molecule has 2 N–H and O–H groups in total. The van der Waals surface area contributed by atoms with Crippen molar-refractivity contribution in [3.05, 3.63) is 23.9 Å². The zero-order valence-electron chi connectivity index (χ0n) is 12.0. The molecule has 3 atom stereocenters. The van der Waals surface area contributed by atoms with Gasteiger partial charge in [-0.15, -0.1) is 11.8 Å². The summed E-state index contributed by atoms with van der Waals surface area (Å²) in [6.45, 7) is 3.44. The molecule has 0 aromatic rings. The first kappa shape index (κ1) is 13.5. The molecule has 3 heterocycles. The van der Waals surface area contributed by atoms with Crippen molar-refractivity contribution in [2.45, 2.75) is 29.4 Å². The van der Waals surface area contributed by atoms with Crippen molar-refractivity contribution in [3.8, 4) is 0 Å². The topological polar surface area (TPSA) is 27.3 Å². The molecule has 0 aromatic carbocycles. The van der Waals surface area contributed by atoms with Gasteiger partial charge in [-0.25, -0.2) is 0 Å². The van der Waals surface area contributed by atoms with E-state index in [0.717, 1.165) is 19.0 Å². The van der Waals surface area contributed by atoms with Gasteiger partial charge in [0.2, 0.25) is 0 Å². The van der Waals surface area contributed by atoms with Gasteiger partial charge >= 0.3 is 0 Å². The van der Waals surface area contributed by atoms with Crippen LogP contribution in [0.15, 0.2) is 23.9 Å². The Balaban J connectivity index is 1.78. The van der Waals surface area contributed by atoms with Gasteiger partial charge in [-0.3, -0.25) is 0 Å². The van der Waals surface area contributed by atoms with Gasteiger partial charge in [-0.2, -0.15) is 0 Å². The molecule has 2 saturated heterocycles. The molecule has 0 radical (unpaired) electrons. The van der Waals surface area contributed by atoms with E-state index in [-0.39, 0.29) is 4.87 Å². The average Bonchev–Trinajstić information content (AvgIpc) is 2.85. The van der Waals surface area contributed by atoms with E-state index < -0.39 is 0 Å². The van der Waals surface area contributed by atoms with Crippen LogP contribution in [0.5, 0.6) is 0 Å². The predicted molar refractivity (Wildman–Crippen MR) is 83.2 cm³/mol. The Morgan fingerprint density at radius 2 is 2.37 bits per heavy atom. The van der Waals surface area contributed by atoms with E-state index in [0.29, 0.717) is 5.25 Å². The first-order valence-electron chi connectivity index (χ1n) is 7.41. The maximum Gasteiger partial charge on any atom is 0.0664 e. The highest BCUT2D eigenvalue weighted by molar-refractivity contribution is 8.01. The van der Waals surface area contributed by atoms with E-state index in [4.69, 9.17) is 0 Å². The van der Waals surface area contributed by atoms with Gasteiger partial charge in [0.05, 0.1) is 4.87 Å². The summed E-state index contributed by atoms with van der Waals surface area (Å²) in [4.78, 5) is 2.84. The fourth-order valence-corrected chi connectivity index (χ4v) is 5.54. The van der Waals surface area contributed by atoms with Crippen LogP contribution in [0.3, 0.4) is 0 Å². The Kier molecular flexibility index (Phi) is 3.92. The smallest absolute Gasteiger partial charge is 0.0664 e. The quantitative estimate of drug-likeness (QED) is 0.820. The van der Waals surface area contributed by atoms with Gasteiger partial charge in [0.25, 0.3) is 0 Å². The number of rotatable bonds is 4. The van der Waals surface area contributed by atoms with Crippen molar-refractivity contribution in [2.24, 2.45) is 5.92 Å². The molecule has 106 valence electrons. The molecule has 3 nitrogen and oxygen atoms in total. The molecule has 3 unspecified atom stereocenters. The van der Waals surface area contributed by atoms with Gasteiger partial charge in [-0.05, 0) is 51.9 Å². The number of hydrogen-bond donors (Lipinski definition) is 2. The third kappa shape index (κ3) is 2.46. The van der Waals surface area contributed by atoms with Crippen LogP contribution in [0.2, 0.25) is 0 Å². The molecule has 3 rings (SSSR count). The van der Waals surface area contributed by atoms with Gasteiger partial charge in [-0.1, -0.05) is 12.2 Å². The maximum absolute atomic E-state index is 3.62. The Labute approximate surface area is 120 Å². The molecule has 2 fully saturated rings. The molecule has 0 amide bonds. The summed E-state index contributed by atoms with van der Waals surface area (Å²) in [5.74, 6) is 0.850. The van der Waals surface area contributed by atoms with Gasteiger partial charge in [0, 0.05) is 24.0 Å². The molecular weight excluding hydrogens is 254 g/mol. The highest BCUT2D eigenvalue weighted by Gasteiger charge is 2.48. The Morgan fingerprint density at radius 3 is 3.16 bits per heavy atom. The summed E-state index contributed by atoms with van der Waals surface area (Å²) < 4.78 is 0. The summed E-state index contributed by atoms with van der Waals surface area (Å²) in [5.41, 5.74) is 1.57. The Bertz CT molecular complexity index is 393. The minimum absolute atomic E-state index is 0.274. The second-order valence-corrected chi connectivity index (χ2v) is 7.38. The molecule has 0 saturated carbocycles. The van der Waals surface area contributed by atoms with E-state index in [1.54, 1.807) is 5.70 Å². The zero-order chi connectivity index (χ0) is 13.3. The lowest BCUT2D eigenvalue weighted by Gasteiger charge is -2.39. The number of hydrogen-bond acceptors (Lipinski definition) is 4. The van der Waals surface area contributed by atoms with E-state index in [1.807, 2.05) is 7.05 Å². The molecule has 3 aliphatic rings. The Morgan fingerprint density at radius 1 is 1.47 bits per heavy atom. The molecule has 0 aromatic heterocycles. The lowest BCUT2D eigenvalue weighted by molar-refractivity contribution is 0.249. The number of allylic oxidation sites excluding steroid dienone is 2. The van der Waals surface area contributed by atoms with Crippen LogP contribution < -0.4 is 10.6 Å². The highest BCUT2D eigenvalue weighted by Crippen LogP contribution is 2.53. The zero-order valence-corrected chi connectivity index (χ0v) is 12.8. The lowest BCUT2D eigenvalue weighted by atomic mass is 9.86. The first-order chi connectivity index (χ1) is 9.28. The standard InChI is InChI=1S/C15H25N3S/c1-16-8-7-15(17-2)11-12-6-10-18-9-4-3-5-13(18)14(12)19-15/h3-5,12,14,16-17H,6-11H2,1-2H3. The number of nitrogens with one attached hydrogen (secondary N) is 2. The third-order valence-electron chi connectivity index (χ3n) is 4.76. The van der Waals surface area contributed by atoms with Gasteiger partial charge in [0.15, 0.2) is 0 Å². The summed E-state index contributed by atoms with van der Waals surface area (Å²) >= 11 is 2.17. The molecule has 0 bridgehead atoms. The number of nitrogens with zero attached hydrogens (tertiary/aromatic N) is 1. The van der Waals surface area contributed by atoms with Crippen molar-refractivity contribution in [1.82, 2.24) is 15.5 Å². The molecule has 19 heavy (non-hydrogen) atoms. The molecular formula is C15H25N3S. The van der Waals surface area contributed by atoms with Crippen LogP contribution in [-0.4, -0.2) is 48.8 Å². The van der Waals surface area contributed by atoms with Crippen molar-refractivity contribution >= 4 is 11.8 Å². The van der Waals surface area contributed by atoms with Crippen LogP contribution in [0.4, 0.5) is 0 Å². The molecule has 3 aliphatic heterocycles. The number of thioether (sulfide) groups is 1. The summed E-state index contributed by atoms with van der Waals surface area (Å²) in [5, 5.41) is 7.62. The van der Waals surface area contributed by atoms with Crippen LogP contribution in [0.25, 0.3) is 0 Å². The van der Waals surface area contributed by atoms with E-state index in [2.05, 4.69) is 52.6 Å². The van der Waals surface area contributed by atoms with Crippen LogP contribution in [-0.2, 0) is 0 Å². The van der Waals surface area contributed by atoms with E-state index >= 15 is 0 Å². The molecule has 0 spiro atoms. The first-order valence-corrected chi connectivity index (χ1v) is 8.29. The Hall–Kier alpha value is -0.450. The lowest BCUT2D eigenvalue weighted by Crippen LogP contribution is -2.40. The predicted octanol–water partition coefficient (Wildman–Crippen LogP) is 1.79. The van der Waals surface area contributed by atoms with Gasteiger partial charge in [0.1, 0.15) is 0 Å². The fourth-order valence-electron chi connectivity index (χ4n) is 3.63.